The summed E-state index contributed by atoms with van der Waals surface area (Å²) in [7, 11) is 0. The minimum atomic E-state index is -0.975. The smallest absolute Gasteiger partial charge is 0.262 e. The summed E-state index contributed by atoms with van der Waals surface area (Å²) in [5.74, 6) is -1.58. The molecule has 1 unspecified atom stereocenters. The Balaban J connectivity index is 1.01. The van der Waals surface area contributed by atoms with E-state index in [9.17, 15) is 19.2 Å². The van der Waals surface area contributed by atoms with Gasteiger partial charge in [-0.1, -0.05) is 12.1 Å². The predicted octanol–water partition coefficient (Wildman–Crippen LogP) is 3.27. The fourth-order valence-corrected chi connectivity index (χ4v) is 5.55. The first-order valence-electron chi connectivity index (χ1n) is 13.9. The van der Waals surface area contributed by atoms with E-state index in [1.165, 1.54) is 0 Å². The Morgan fingerprint density at radius 3 is 2.54 bits per heavy atom. The number of rotatable bonds is 8. The summed E-state index contributed by atoms with van der Waals surface area (Å²) in [5, 5.41) is 10.4. The summed E-state index contributed by atoms with van der Waals surface area (Å²) in [6, 6.07) is 11.9. The molecular formula is C30H27N7O4. The molecule has 2 aromatic heterocycles. The first kappa shape index (κ1) is 25.1. The number of fused-ring (bicyclic) bond motifs is 2. The summed E-state index contributed by atoms with van der Waals surface area (Å²) in [6.07, 6.45) is 7.13. The lowest BCUT2D eigenvalue weighted by Crippen LogP contribution is -2.54. The molecular weight excluding hydrogens is 522 g/mol. The lowest BCUT2D eigenvalue weighted by Gasteiger charge is -2.27. The minimum Gasteiger partial charge on any atom is -0.385 e. The van der Waals surface area contributed by atoms with Crippen molar-refractivity contribution in [3.05, 3.63) is 71.7 Å². The molecule has 41 heavy (non-hydrogen) atoms. The van der Waals surface area contributed by atoms with E-state index in [0.717, 1.165) is 52.1 Å². The minimum absolute atomic E-state index is 0.0895. The van der Waals surface area contributed by atoms with E-state index in [1.54, 1.807) is 18.2 Å². The predicted molar refractivity (Wildman–Crippen MR) is 149 cm³/mol. The van der Waals surface area contributed by atoms with Gasteiger partial charge in [-0.3, -0.25) is 39.1 Å². The van der Waals surface area contributed by atoms with Crippen LogP contribution in [-0.4, -0.2) is 60.9 Å². The van der Waals surface area contributed by atoms with Crippen LogP contribution >= 0.6 is 0 Å². The van der Waals surface area contributed by atoms with Crippen molar-refractivity contribution in [2.45, 2.75) is 50.6 Å². The van der Waals surface area contributed by atoms with E-state index in [2.05, 4.69) is 21.8 Å². The van der Waals surface area contributed by atoms with Gasteiger partial charge in [0.25, 0.3) is 11.8 Å². The molecule has 3 aliphatic rings. The average molecular weight is 550 g/mol. The van der Waals surface area contributed by atoms with Crippen LogP contribution in [0.5, 0.6) is 0 Å². The van der Waals surface area contributed by atoms with Gasteiger partial charge in [-0.15, -0.1) is 0 Å². The number of carbonyl (C=O) groups excluding carboxylic acids is 4. The number of benzene rings is 2. The highest BCUT2D eigenvalue weighted by Gasteiger charge is 2.44. The van der Waals surface area contributed by atoms with Crippen molar-refractivity contribution < 1.29 is 19.2 Å². The monoisotopic (exact) mass is 549 g/mol. The molecule has 2 aliphatic heterocycles. The molecule has 2 fully saturated rings. The van der Waals surface area contributed by atoms with Crippen LogP contribution in [0.15, 0.2) is 54.9 Å². The van der Waals surface area contributed by atoms with Gasteiger partial charge < -0.3 is 5.32 Å². The molecule has 1 atom stereocenters. The number of anilines is 1. The molecule has 7 rings (SSSR count). The standard InChI is InChI=1S/C30H27N7O4/c38-26-11-10-25(28(39)34-26)37-29(40)19-9-8-18(14-20(19)30(37)41)31-12-3-13-36-16-21(27(35-36)17-6-7-17)24-15-32-22-4-1-2-5-23(22)33-24/h1-2,4-5,8-9,14-17,25,31H,3,6-7,10-13H2,(H,34,38,39). The van der Waals surface area contributed by atoms with E-state index in [4.69, 9.17) is 10.1 Å². The highest BCUT2D eigenvalue weighted by molar-refractivity contribution is 6.23. The molecule has 0 bridgehead atoms. The third kappa shape index (κ3) is 4.62. The fraction of sp³-hybridized carbons (Fsp3) is 0.300. The number of nitrogens with zero attached hydrogens (tertiary/aromatic N) is 5. The average Bonchev–Trinajstić information content (AvgIpc) is 3.69. The Hall–Kier alpha value is -4.93. The summed E-state index contributed by atoms with van der Waals surface area (Å²) in [4.78, 5) is 60.1. The van der Waals surface area contributed by atoms with Crippen LogP contribution in [0.4, 0.5) is 5.69 Å². The number of imide groups is 2. The molecule has 4 heterocycles. The van der Waals surface area contributed by atoms with Gasteiger partial charge in [-0.25, -0.2) is 4.98 Å². The summed E-state index contributed by atoms with van der Waals surface area (Å²) in [5.41, 5.74) is 5.89. The number of amides is 4. The second-order valence-corrected chi connectivity index (χ2v) is 10.7. The topological polar surface area (TPSA) is 139 Å². The van der Waals surface area contributed by atoms with Crippen LogP contribution in [0.1, 0.15) is 64.4 Å². The number of para-hydroxylation sites is 2. The first-order chi connectivity index (χ1) is 20.0. The summed E-state index contributed by atoms with van der Waals surface area (Å²) < 4.78 is 1.96. The lowest BCUT2D eigenvalue weighted by molar-refractivity contribution is -0.136. The molecule has 0 spiro atoms. The quantitative estimate of drug-likeness (QED) is 0.252. The Bertz CT molecular complexity index is 1740. The molecule has 0 radical (unpaired) electrons. The Morgan fingerprint density at radius 2 is 1.73 bits per heavy atom. The number of aromatic nitrogens is 4. The van der Waals surface area contributed by atoms with Crippen molar-refractivity contribution in [3.63, 3.8) is 0 Å². The zero-order chi connectivity index (χ0) is 28.1. The van der Waals surface area contributed by atoms with Crippen molar-refractivity contribution in [2.75, 3.05) is 11.9 Å². The van der Waals surface area contributed by atoms with Gasteiger partial charge in [0.15, 0.2) is 0 Å². The van der Waals surface area contributed by atoms with Crippen LogP contribution in [0.25, 0.3) is 22.3 Å². The maximum absolute atomic E-state index is 13.1. The number of hydrogen-bond acceptors (Lipinski definition) is 8. The van der Waals surface area contributed by atoms with Gasteiger partial charge in [0, 0.05) is 42.9 Å². The number of aryl methyl sites for hydroxylation is 1. The highest BCUT2D eigenvalue weighted by atomic mass is 16.2. The third-order valence-corrected chi connectivity index (χ3v) is 7.81. The Kier molecular flexibility index (Phi) is 6.06. The van der Waals surface area contributed by atoms with Crippen LogP contribution < -0.4 is 10.6 Å². The molecule has 206 valence electrons. The molecule has 11 heteroatoms. The Morgan fingerprint density at radius 1 is 0.927 bits per heavy atom. The zero-order valence-corrected chi connectivity index (χ0v) is 22.2. The third-order valence-electron chi connectivity index (χ3n) is 7.81. The molecule has 1 saturated heterocycles. The van der Waals surface area contributed by atoms with E-state index >= 15 is 0 Å². The van der Waals surface area contributed by atoms with Gasteiger partial charge in [0.2, 0.25) is 11.8 Å². The van der Waals surface area contributed by atoms with Gasteiger partial charge in [0.05, 0.1) is 39.7 Å². The van der Waals surface area contributed by atoms with Gasteiger partial charge in [0.1, 0.15) is 6.04 Å². The van der Waals surface area contributed by atoms with Gasteiger partial charge in [-0.05, 0) is 56.0 Å². The number of nitrogens with one attached hydrogen (secondary N) is 2. The van der Waals surface area contributed by atoms with Crippen molar-refractivity contribution in [2.24, 2.45) is 0 Å². The molecule has 1 saturated carbocycles. The van der Waals surface area contributed by atoms with Crippen molar-refractivity contribution >= 4 is 40.3 Å². The SMILES string of the molecule is O=C1CCC(N2C(=O)c3ccc(NCCCn4cc(-c5cnc6ccccc6n5)c(C5CC5)n4)cc3C2=O)C(=O)N1. The van der Waals surface area contributed by atoms with Crippen molar-refractivity contribution in [1.82, 2.24) is 30.0 Å². The molecule has 11 nitrogen and oxygen atoms in total. The molecule has 1 aliphatic carbocycles. The summed E-state index contributed by atoms with van der Waals surface area (Å²) in [6.45, 7) is 1.32. The van der Waals surface area contributed by atoms with Gasteiger partial charge >= 0.3 is 0 Å². The van der Waals surface area contributed by atoms with Crippen LogP contribution in [0.3, 0.4) is 0 Å². The molecule has 4 aromatic rings. The molecule has 4 amide bonds. The maximum Gasteiger partial charge on any atom is 0.262 e. The van der Waals surface area contributed by atoms with E-state index < -0.39 is 29.7 Å². The van der Waals surface area contributed by atoms with E-state index in [0.29, 0.717) is 24.7 Å². The zero-order valence-electron chi connectivity index (χ0n) is 22.2. The lowest BCUT2D eigenvalue weighted by atomic mass is 10.0. The highest BCUT2D eigenvalue weighted by Crippen LogP contribution is 2.43. The number of carbonyl (C=O) groups is 4. The summed E-state index contributed by atoms with van der Waals surface area (Å²) >= 11 is 0. The van der Waals surface area contributed by atoms with Crippen molar-refractivity contribution in [3.8, 4) is 11.3 Å². The van der Waals surface area contributed by atoms with E-state index in [1.807, 2.05) is 35.1 Å². The first-order valence-corrected chi connectivity index (χ1v) is 13.9. The normalized spacial score (nSPS) is 18.6. The van der Waals surface area contributed by atoms with Gasteiger partial charge in [-0.2, -0.15) is 5.10 Å². The second-order valence-electron chi connectivity index (χ2n) is 10.7. The number of piperidine rings is 1. The van der Waals surface area contributed by atoms with Crippen LogP contribution in [0, 0.1) is 0 Å². The van der Waals surface area contributed by atoms with Crippen LogP contribution in [-0.2, 0) is 16.1 Å². The van der Waals surface area contributed by atoms with Crippen molar-refractivity contribution in [1.29, 1.82) is 0 Å². The van der Waals surface area contributed by atoms with Crippen LogP contribution in [0.2, 0.25) is 0 Å². The number of hydrogen-bond donors (Lipinski definition) is 2. The fourth-order valence-electron chi connectivity index (χ4n) is 5.55. The molecule has 2 aromatic carbocycles. The maximum atomic E-state index is 13.1. The van der Waals surface area contributed by atoms with E-state index in [-0.39, 0.29) is 24.0 Å². The molecule has 2 N–H and O–H groups in total. The Labute approximate surface area is 235 Å². The largest absolute Gasteiger partial charge is 0.385 e. The second kappa shape index (κ2) is 9.92.